The van der Waals surface area contributed by atoms with Gasteiger partial charge in [-0.2, -0.15) is 0 Å². The smallest absolute Gasteiger partial charge is 0.255 e. The lowest BCUT2D eigenvalue weighted by molar-refractivity contribution is -0.121. The first-order valence-electron chi connectivity index (χ1n) is 9.06. The van der Waals surface area contributed by atoms with E-state index < -0.39 is 6.04 Å². The van der Waals surface area contributed by atoms with Crippen LogP contribution in [0.25, 0.3) is 0 Å². The van der Waals surface area contributed by atoms with Crippen LogP contribution in [0.15, 0.2) is 30.0 Å². The number of anilines is 1. The summed E-state index contributed by atoms with van der Waals surface area (Å²) in [6.45, 7) is 1.15. The minimum atomic E-state index is -0.845. The van der Waals surface area contributed by atoms with Crippen LogP contribution in [0.2, 0.25) is 5.02 Å². The summed E-state index contributed by atoms with van der Waals surface area (Å²) in [4.78, 5) is 36.8. The van der Waals surface area contributed by atoms with Gasteiger partial charge in [0.2, 0.25) is 0 Å². The predicted octanol–water partition coefficient (Wildman–Crippen LogP) is 3.88. The number of amides is 2. The Morgan fingerprint density at radius 3 is 3.00 bits per heavy atom. The Morgan fingerprint density at radius 1 is 1.34 bits per heavy atom. The van der Waals surface area contributed by atoms with Crippen LogP contribution in [-0.2, 0) is 24.3 Å². The molecule has 0 saturated heterocycles. The topological polar surface area (TPSA) is 80.1 Å². The van der Waals surface area contributed by atoms with Crippen molar-refractivity contribution in [2.45, 2.75) is 32.0 Å². The summed E-state index contributed by atoms with van der Waals surface area (Å²) in [5.41, 5.74) is 2.93. The molecule has 2 aliphatic rings. The summed E-state index contributed by atoms with van der Waals surface area (Å²) < 4.78 is 2.94. The van der Waals surface area contributed by atoms with Gasteiger partial charge in [0, 0.05) is 50.1 Å². The van der Waals surface area contributed by atoms with Gasteiger partial charge in [0.1, 0.15) is 0 Å². The Morgan fingerprint density at radius 2 is 2.21 bits per heavy atom. The minimum absolute atomic E-state index is 0.209. The number of rotatable bonds is 4. The van der Waals surface area contributed by atoms with Gasteiger partial charge in [-0.05, 0) is 47.6 Å². The van der Waals surface area contributed by atoms with E-state index in [1.165, 1.54) is 11.3 Å². The van der Waals surface area contributed by atoms with Crippen molar-refractivity contribution in [2.24, 2.45) is 0 Å². The number of halogens is 2. The number of nitrogens with zero attached hydrogens (tertiary/aromatic N) is 4. The molecule has 0 fully saturated rings. The summed E-state index contributed by atoms with van der Waals surface area (Å²) in [6.07, 6.45) is 5.22. The SMILES string of the molecule is O=C(Nc1nccs1)C(c1ncn2c1CCC2)N1Cc2c(Cl)cc(I)cc2C1=O. The maximum atomic E-state index is 13.3. The summed E-state index contributed by atoms with van der Waals surface area (Å²) in [5, 5.41) is 5.66. The van der Waals surface area contributed by atoms with Gasteiger partial charge in [0.15, 0.2) is 11.2 Å². The van der Waals surface area contributed by atoms with Crippen molar-refractivity contribution in [3.8, 4) is 0 Å². The molecule has 1 unspecified atom stereocenters. The van der Waals surface area contributed by atoms with E-state index >= 15 is 0 Å². The van der Waals surface area contributed by atoms with E-state index in [9.17, 15) is 9.59 Å². The summed E-state index contributed by atoms with van der Waals surface area (Å²) in [7, 11) is 0. The monoisotopic (exact) mass is 539 g/mol. The molecule has 29 heavy (non-hydrogen) atoms. The Kier molecular flexibility index (Phi) is 4.83. The van der Waals surface area contributed by atoms with Crippen molar-refractivity contribution in [1.29, 1.82) is 0 Å². The fraction of sp³-hybridized carbons (Fsp3) is 0.263. The van der Waals surface area contributed by atoms with Gasteiger partial charge >= 0.3 is 0 Å². The normalized spacial score (nSPS) is 16.1. The highest BCUT2D eigenvalue weighted by atomic mass is 127. The third-order valence-electron chi connectivity index (χ3n) is 5.25. The van der Waals surface area contributed by atoms with E-state index in [0.29, 0.717) is 21.4 Å². The second-order valence-corrected chi connectivity index (χ2v) is 9.50. The fourth-order valence-electron chi connectivity index (χ4n) is 3.97. The molecule has 2 amide bonds. The quantitative estimate of drug-likeness (QED) is 0.511. The van der Waals surface area contributed by atoms with Crippen LogP contribution in [0.3, 0.4) is 0 Å². The second kappa shape index (κ2) is 7.37. The number of carbonyl (C=O) groups excluding carboxylic acids is 2. The number of hydrogen-bond donors (Lipinski definition) is 1. The molecule has 0 aliphatic carbocycles. The molecule has 5 rings (SSSR count). The zero-order chi connectivity index (χ0) is 20.1. The highest BCUT2D eigenvalue weighted by Gasteiger charge is 2.41. The van der Waals surface area contributed by atoms with E-state index in [0.717, 1.165) is 34.2 Å². The van der Waals surface area contributed by atoms with Crippen LogP contribution in [0.4, 0.5) is 5.13 Å². The third kappa shape index (κ3) is 3.24. The van der Waals surface area contributed by atoms with Gasteiger partial charge in [0.25, 0.3) is 11.8 Å². The van der Waals surface area contributed by atoms with Crippen molar-refractivity contribution in [3.63, 3.8) is 0 Å². The van der Waals surface area contributed by atoms with Gasteiger partial charge in [-0.1, -0.05) is 11.6 Å². The second-order valence-electron chi connectivity index (χ2n) is 6.95. The van der Waals surface area contributed by atoms with Crippen molar-refractivity contribution < 1.29 is 9.59 Å². The first-order valence-corrected chi connectivity index (χ1v) is 11.4. The van der Waals surface area contributed by atoms with Crippen LogP contribution in [0.5, 0.6) is 0 Å². The van der Waals surface area contributed by atoms with E-state index in [2.05, 4.69) is 42.4 Å². The molecule has 0 spiro atoms. The van der Waals surface area contributed by atoms with Crippen LogP contribution in [0.1, 0.15) is 39.8 Å². The minimum Gasteiger partial charge on any atom is -0.334 e. The van der Waals surface area contributed by atoms with Crippen LogP contribution >= 0.6 is 45.5 Å². The Bertz CT molecular complexity index is 1130. The Balaban J connectivity index is 1.56. The van der Waals surface area contributed by atoms with Gasteiger partial charge in [0.05, 0.1) is 12.0 Å². The van der Waals surface area contributed by atoms with Gasteiger partial charge in [-0.3, -0.25) is 14.9 Å². The number of fused-ring (bicyclic) bond motifs is 2. The molecular formula is C19H15ClIN5O2S. The lowest BCUT2D eigenvalue weighted by Crippen LogP contribution is -2.38. The number of benzene rings is 1. The maximum Gasteiger partial charge on any atom is 0.255 e. The van der Waals surface area contributed by atoms with Gasteiger partial charge in [-0.25, -0.2) is 9.97 Å². The Labute approximate surface area is 189 Å². The average Bonchev–Trinajstić information content (AvgIpc) is 3.44. The molecule has 0 bridgehead atoms. The van der Waals surface area contributed by atoms with E-state index in [1.54, 1.807) is 22.8 Å². The summed E-state index contributed by atoms with van der Waals surface area (Å²) >= 11 is 9.88. The molecule has 7 nitrogen and oxygen atoms in total. The lowest BCUT2D eigenvalue weighted by Gasteiger charge is -2.26. The average molecular weight is 540 g/mol. The number of thiazole rings is 1. The number of nitrogens with one attached hydrogen (secondary N) is 1. The molecule has 2 aliphatic heterocycles. The highest BCUT2D eigenvalue weighted by molar-refractivity contribution is 14.1. The maximum absolute atomic E-state index is 13.3. The molecular weight excluding hydrogens is 525 g/mol. The zero-order valence-electron chi connectivity index (χ0n) is 15.1. The van der Waals surface area contributed by atoms with Gasteiger partial charge in [-0.15, -0.1) is 11.3 Å². The molecule has 148 valence electrons. The largest absolute Gasteiger partial charge is 0.334 e. The van der Waals surface area contributed by atoms with Crippen LogP contribution in [0, 0.1) is 3.57 Å². The highest BCUT2D eigenvalue weighted by Crippen LogP contribution is 2.38. The molecule has 1 N–H and O–H groups in total. The number of hydrogen-bond acceptors (Lipinski definition) is 5. The molecule has 3 aromatic rings. The zero-order valence-corrected chi connectivity index (χ0v) is 18.8. The number of aromatic nitrogens is 3. The Hall–Kier alpha value is -1.98. The molecule has 0 radical (unpaired) electrons. The molecule has 2 aromatic heterocycles. The molecule has 1 atom stereocenters. The van der Waals surface area contributed by atoms with Crippen molar-refractivity contribution in [2.75, 3.05) is 5.32 Å². The lowest BCUT2D eigenvalue weighted by atomic mass is 10.1. The summed E-state index contributed by atoms with van der Waals surface area (Å²) in [5.74, 6) is -0.528. The number of carbonyl (C=O) groups is 2. The molecule has 10 heteroatoms. The van der Waals surface area contributed by atoms with Gasteiger partial charge < -0.3 is 9.47 Å². The van der Waals surface area contributed by atoms with E-state index in [4.69, 9.17) is 11.6 Å². The molecule has 0 saturated carbocycles. The van der Waals surface area contributed by atoms with Crippen LogP contribution < -0.4 is 5.32 Å². The number of aryl methyl sites for hydroxylation is 1. The summed E-state index contributed by atoms with van der Waals surface area (Å²) in [6, 6.07) is 2.80. The van der Waals surface area contributed by atoms with Crippen molar-refractivity contribution >= 4 is 62.5 Å². The fourth-order valence-corrected chi connectivity index (χ4v) is 5.58. The van der Waals surface area contributed by atoms with E-state index in [-0.39, 0.29) is 18.4 Å². The van der Waals surface area contributed by atoms with Crippen molar-refractivity contribution in [3.05, 3.63) is 61.1 Å². The predicted molar refractivity (Wildman–Crippen MR) is 118 cm³/mol. The first kappa shape index (κ1) is 19.0. The standard InChI is InChI=1S/C19H15ClIN5O2S/c20-13-7-10(21)6-11-12(13)8-26(18(11)28)16(17(27)24-19-22-3-5-29-19)15-14-2-1-4-25(14)9-23-15/h3,5-7,9,16H,1-2,4,8H2,(H,22,24,27). The van der Waals surface area contributed by atoms with E-state index in [1.807, 2.05) is 12.1 Å². The third-order valence-corrected chi connectivity index (χ3v) is 6.90. The number of imidazole rings is 1. The van der Waals surface area contributed by atoms with Crippen molar-refractivity contribution in [1.82, 2.24) is 19.4 Å². The molecule has 1 aromatic carbocycles. The molecule has 4 heterocycles. The first-order chi connectivity index (χ1) is 14.0. The van der Waals surface area contributed by atoms with Crippen LogP contribution in [-0.4, -0.2) is 31.2 Å².